The Kier molecular flexibility index (Phi) is 12.7. The molecule has 1 heterocycles. The van der Waals surface area contributed by atoms with Crippen molar-refractivity contribution in [1.29, 1.82) is 0 Å². The van der Waals surface area contributed by atoms with Crippen LogP contribution >= 0.6 is 11.6 Å². The zero-order chi connectivity index (χ0) is 31.3. The number of carboxylic acid groups (broad SMARTS) is 1. The first-order valence-corrected chi connectivity index (χ1v) is 15.5. The number of phenols is 1. The maximum absolute atomic E-state index is 11.4. The van der Waals surface area contributed by atoms with Crippen LogP contribution in [0, 0.1) is 0 Å². The van der Waals surface area contributed by atoms with Gasteiger partial charge in [0.05, 0.1) is 24.4 Å². The molecule has 3 unspecified atom stereocenters. The number of phenolic OH excluding ortho intramolecular Hbond substituents is 1. The van der Waals surface area contributed by atoms with Gasteiger partial charge in [-0.05, 0) is 72.5 Å². The molecule has 0 radical (unpaired) electrons. The molecule has 0 fully saturated rings. The second-order valence-electron chi connectivity index (χ2n) is 11.0. The van der Waals surface area contributed by atoms with Gasteiger partial charge < -0.3 is 41.1 Å². The molecular weight excluding hydrogens is 582 g/mol. The van der Waals surface area contributed by atoms with Gasteiger partial charge in [0.2, 0.25) is 0 Å². The molecule has 1 amide bonds. The third-order valence-electron chi connectivity index (χ3n) is 7.60. The highest BCUT2D eigenvalue weighted by Crippen LogP contribution is 2.36. The largest absolute Gasteiger partial charge is 0.506 e. The summed E-state index contributed by atoms with van der Waals surface area (Å²) < 4.78 is 5.97. The quantitative estimate of drug-likeness (QED) is 0.0659. The molecule has 9 nitrogen and oxygen atoms in total. The van der Waals surface area contributed by atoms with Crippen LogP contribution in [0.2, 0.25) is 5.02 Å². The average molecular weight is 624 g/mol. The number of ether oxygens (including phenoxy) is 1. The number of anilines is 1. The smallest absolute Gasteiger partial charge is 0.405 e. The van der Waals surface area contributed by atoms with E-state index in [1.165, 1.54) is 6.07 Å². The lowest BCUT2D eigenvalue weighted by atomic mass is 9.97. The maximum Gasteiger partial charge on any atom is 0.405 e. The van der Waals surface area contributed by atoms with Gasteiger partial charge in [0.25, 0.3) is 0 Å². The van der Waals surface area contributed by atoms with E-state index in [1.807, 2.05) is 30.3 Å². The fourth-order valence-electron chi connectivity index (χ4n) is 5.36. The fraction of sp³-hybridized carbons (Fsp3) is 0.382. The van der Waals surface area contributed by atoms with E-state index in [0.717, 1.165) is 62.6 Å². The van der Waals surface area contributed by atoms with Crippen LogP contribution in [-0.2, 0) is 0 Å². The van der Waals surface area contributed by atoms with Gasteiger partial charge in [-0.25, -0.2) is 4.79 Å². The van der Waals surface area contributed by atoms with Gasteiger partial charge in [-0.2, -0.15) is 0 Å². The third kappa shape index (κ3) is 9.89. The van der Waals surface area contributed by atoms with Crippen molar-refractivity contribution in [3.05, 3.63) is 94.0 Å². The van der Waals surface area contributed by atoms with E-state index < -0.39 is 24.5 Å². The third-order valence-corrected chi connectivity index (χ3v) is 7.83. The van der Waals surface area contributed by atoms with Crippen molar-refractivity contribution in [2.75, 3.05) is 25.0 Å². The predicted molar refractivity (Wildman–Crippen MR) is 173 cm³/mol. The molecule has 7 N–H and O–H groups in total. The molecule has 0 spiro atoms. The highest BCUT2D eigenvalue weighted by molar-refractivity contribution is 6.30. The summed E-state index contributed by atoms with van der Waals surface area (Å²) in [4.78, 5) is 11.4. The highest BCUT2D eigenvalue weighted by atomic mass is 35.5. The zero-order valence-corrected chi connectivity index (χ0v) is 25.5. The Labute approximate surface area is 263 Å². The van der Waals surface area contributed by atoms with Crippen molar-refractivity contribution in [3.63, 3.8) is 0 Å². The number of aliphatic hydroxyl groups excluding tert-OH is 2. The van der Waals surface area contributed by atoms with Gasteiger partial charge >= 0.3 is 6.09 Å². The van der Waals surface area contributed by atoms with Crippen LogP contribution in [0.4, 0.5) is 10.5 Å². The number of aromatic hydroxyl groups is 1. The molecule has 1 aliphatic rings. The summed E-state index contributed by atoms with van der Waals surface area (Å²) in [5.41, 5.74) is 3.38. The lowest BCUT2D eigenvalue weighted by Gasteiger charge is -2.23. The first-order chi connectivity index (χ1) is 21.3. The molecule has 0 bridgehead atoms. The van der Waals surface area contributed by atoms with Crippen molar-refractivity contribution in [2.45, 2.75) is 63.3 Å². The minimum Gasteiger partial charge on any atom is -0.506 e. The molecule has 0 aromatic heterocycles. The summed E-state index contributed by atoms with van der Waals surface area (Å²) in [6, 6.07) is 17.3. The van der Waals surface area contributed by atoms with Gasteiger partial charge in [-0.1, -0.05) is 80.1 Å². The number of hydrogen-bond donors (Lipinski definition) is 7. The Balaban J connectivity index is 1.07. The highest BCUT2D eigenvalue weighted by Gasteiger charge is 2.21. The number of fused-ring (bicyclic) bond motifs is 1. The average Bonchev–Trinajstić information content (AvgIpc) is 3.00. The Morgan fingerprint density at radius 3 is 2.41 bits per heavy atom. The van der Waals surface area contributed by atoms with E-state index in [0.29, 0.717) is 40.7 Å². The number of hydrogen-bond acceptors (Lipinski definition) is 7. The normalized spacial score (nSPS) is 15.2. The van der Waals surface area contributed by atoms with Crippen LogP contribution in [0.15, 0.2) is 66.7 Å². The molecule has 4 rings (SSSR count). The molecule has 44 heavy (non-hydrogen) atoms. The van der Waals surface area contributed by atoms with Crippen LogP contribution in [0.3, 0.4) is 0 Å². The van der Waals surface area contributed by atoms with Crippen LogP contribution in [0.1, 0.15) is 79.3 Å². The summed E-state index contributed by atoms with van der Waals surface area (Å²) in [6.07, 6.45) is 8.22. The zero-order valence-electron chi connectivity index (χ0n) is 24.7. The standard InChI is InChI=1S/C34H42ClN3O6/c35-25-12-8-10-23(20-25)32(38-34(42)43)24-11-9-13-26(21-24)44-19-7-5-3-1-2-4-6-18-36-22-30(40)27-14-16-29(39)33-28(27)15-17-31(41)37-33/h8-17,20-21,30-32,36-41H,1-7,18-19,22H2,(H,42,43). The summed E-state index contributed by atoms with van der Waals surface area (Å²) in [5.74, 6) is 0.748. The molecule has 10 heteroatoms. The lowest BCUT2D eigenvalue weighted by Crippen LogP contribution is -2.27. The first-order valence-electron chi connectivity index (χ1n) is 15.2. The number of aliphatic hydroxyl groups is 2. The van der Waals surface area contributed by atoms with Crippen molar-refractivity contribution >= 4 is 29.5 Å². The van der Waals surface area contributed by atoms with E-state index in [2.05, 4.69) is 16.0 Å². The van der Waals surface area contributed by atoms with E-state index in [9.17, 15) is 25.2 Å². The number of benzene rings is 3. The minimum atomic E-state index is -1.11. The molecule has 3 atom stereocenters. The van der Waals surface area contributed by atoms with Crippen molar-refractivity contribution in [1.82, 2.24) is 10.6 Å². The topological polar surface area (TPSA) is 143 Å². The number of halogens is 1. The Bertz CT molecular complexity index is 1400. The summed E-state index contributed by atoms with van der Waals surface area (Å²) in [7, 11) is 0. The minimum absolute atomic E-state index is 0.0426. The van der Waals surface area contributed by atoms with E-state index >= 15 is 0 Å². The number of nitrogens with one attached hydrogen (secondary N) is 3. The van der Waals surface area contributed by atoms with Crippen molar-refractivity contribution in [3.8, 4) is 11.5 Å². The summed E-state index contributed by atoms with van der Waals surface area (Å²) in [5, 5.41) is 49.1. The number of carbonyl (C=O) groups is 1. The fourth-order valence-corrected chi connectivity index (χ4v) is 5.56. The lowest BCUT2D eigenvalue weighted by molar-refractivity contribution is 0.174. The van der Waals surface area contributed by atoms with E-state index in [1.54, 1.807) is 36.4 Å². The first kappa shape index (κ1) is 33.1. The molecular formula is C34H42ClN3O6. The van der Waals surface area contributed by atoms with Crippen LogP contribution < -0.4 is 20.7 Å². The van der Waals surface area contributed by atoms with Crippen LogP contribution in [0.25, 0.3) is 6.08 Å². The number of amides is 1. The Morgan fingerprint density at radius 1 is 0.955 bits per heavy atom. The van der Waals surface area contributed by atoms with E-state index in [-0.39, 0.29) is 5.75 Å². The molecule has 1 aliphatic heterocycles. The molecule has 236 valence electrons. The van der Waals surface area contributed by atoms with Gasteiger partial charge in [0.15, 0.2) is 0 Å². The predicted octanol–water partition coefficient (Wildman–Crippen LogP) is 6.59. The van der Waals surface area contributed by atoms with Crippen LogP contribution in [0.5, 0.6) is 11.5 Å². The van der Waals surface area contributed by atoms with Crippen molar-refractivity contribution in [2.24, 2.45) is 0 Å². The van der Waals surface area contributed by atoms with Crippen molar-refractivity contribution < 1.29 is 30.0 Å². The van der Waals surface area contributed by atoms with Gasteiger partial charge in [-0.3, -0.25) is 0 Å². The SMILES string of the molecule is O=C(O)NC(c1cccc(Cl)c1)c1cccc(OCCCCCCCCCNCC(O)c2ccc(O)c3c2C=CC(O)N3)c1. The maximum atomic E-state index is 11.4. The molecule has 3 aromatic carbocycles. The Hall–Kier alpha value is -3.76. The number of unbranched alkanes of at least 4 members (excludes halogenated alkanes) is 6. The second-order valence-corrected chi connectivity index (χ2v) is 11.4. The Morgan fingerprint density at radius 2 is 1.66 bits per heavy atom. The van der Waals surface area contributed by atoms with Gasteiger partial charge in [0.1, 0.15) is 17.7 Å². The van der Waals surface area contributed by atoms with Crippen LogP contribution in [-0.4, -0.2) is 52.4 Å². The van der Waals surface area contributed by atoms with Gasteiger partial charge in [0, 0.05) is 17.1 Å². The van der Waals surface area contributed by atoms with Gasteiger partial charge in [-0.15, -0.1) is 0 Å². The molecule has 0 saturated carbocycles. The molecule has 3 aromatic rings. The monoisotopic (exact) mass is 623 g/mol. The van der Waals surface area contributed by atoms with E-state index in [4.69, 9.17) is 16.3 Å². The summed E-state index contributed by atoms with van der Waals surface area (Å²) in [6.45, 7) is 1.83. The number of rotatable bonds is 17. The molecule has 0 saturated heterocycles. The molecule has 0 aliphatic carbocycles. The summed E-state index contributed by atoms with van der Waals surface area (Å²) >= 11 is 6.13. The second kappa shape index (κ2) is 16.9.